The second kappa shape index (κ2) is 6.95. The van der Waals surface area contributed by atoms with Gasteiger partial charge in [-0.25, -0.2) is 0 Å². The smallest absolute Gasteiger partial charge is 0.240 e. The summed E-state index contributed by atoms with van der Waals surface area (Å²) in [7, 11) is 0. The molecule has 22 heavy (non-hydrogen) atoms. The first-order valence-electron chi connectivity index (χ1n) is 7.57. The predicted octanol–water partition coefficient (Wildman–Crippen LogP) is 3.41. The number of aryl methyl sites for hydroxylation is 1. The molecule has 0 bridgehead atoms. The van der Waals surface area contributed by atoms with Gasteiger partial charge in [-0.2, -0.15) is 0 Å². The summed E-state index contributed by atoms with van der Waals surface area (Å²) in [4.78, 5) is 14.3. The summed E-state index contributed by atoms with van der Waals surface area (Å²) in [6.07, 6.45) is 2.08. The molecule has 2 aromatic carbocycles. The zero-order chi connectivity index (χ0) is 15.4. The third kappa shape index (κ3) is 3.49. The summed E-state index contributed by atoms with van der Waals surface area (Å²) in [5.41, 5.74) is 3.45. The molecule has 0 aliphatic carbocycles. The van der Waals surface area contributed by atoms with E-state index in [1.165, 1.54) is 5.56 Å². The highest BCUT2D eigenvalue weighted by Crippen LogP contribution is 2.26. The summed E-state index contributed by atoms with van der Waals surface area (Å²) in [6, 6.07) is 15.8. The summed E-state index contributed by atoms with van der Waals surface area (Å²) in [5, 5.41) is 3.94. The van der Waals surface area contributed by atoms with Gasteiger partial charge in [-0.05, 0) is 42.2 Å². The van der Waals surface area contributed by atoms with E-state index in [1.807, 2.05) is 47.4 Å². The van der Waals surface area contributed by atoms with Crippen LogP contribution in [0.4, 0.5) is 5.69 Å². The molecule has 4 heteroatoms. The maximum Gasteiger partial charge on any atom is 0.240 e. The topological polar surface area (TPSA) is 32.3 Å². The average Bonchev–Trinajstić information content (AvgIpc) is 2.56. The van der Waals surface area contributed by atoms with Crippen LogP contribution in [0.3, 0.4) is 0 Å². The molecule has 0 unspecified atom stereocenters. The quantitative estimate of drug-likeness (QED) is 0.938. The number of anilines is 1. The SMILES string of the molecule is O=C(CNCc1ccc(Cl)cc1)N1CCCc2ccccc21. The van der Waals surface area contributed by atoms with Crippen molar-refractivity contribution in [2.75, 3.05) is 18.0 Å². The van der Waals surface area contributed by atoms with Crippen LogP contribution >= 0.6 is 11.6 Å². The van der Waals surface area contributed by atoms with Gasteiger partial charge in [-0.3, -0.25) is 4.79 Å². The van der Waals surface area contributed by atoms with Gasteiger partial charge in [0.2, 0.25) is 5.91 Å². The van der Waals surface area contributed by atoms with E-state index in [0.717, 1.165) is 35.7 Å². The van der Waals surface area contributed by atoms with Crippen LogP contribution in [0, 0.1) is 0 Å². The molecule has 0 spiro atoms. The third-order valence-corrected chi connectivity index (χ3v) is 4.18. The molecule has 3 rings (SSSR count). The summed E-state index contributed by atoms with van der Waals surface area (Å²) in [5.74, 6) is 0.126. The molecule has 1 N–H and O–H groups in total. The van der Waals surface area contributed by atoms with Gasteiger partial charge in [0.25, 0.3) is 0 Å². The largest absolute Gasteiger partial charge is 0.311 e. The molecule has 0 saturated heterocycles. The standard InChI is InChI=1S/C18H19ClN2O/c19-16-9-7-14(8-10-16)12-20-13-18(22)21-11-3-5-15-4-1-2-6-17(15)21/h1-2,4,6-10,20H,3,5,11-13H2. The van der Waals surface area contributed by atoms with Gasteiger partial charge in [-0.1, -0.05) is 41.9 Å². The number of carbonyl (C=O) groups excluding carboxylic acids is 1. The molecule has 1 aliphatic rings. The summed E-state index contributed by atoms with van der Waals surface area (Å²) in [6.45, 7) is 1.81. The van der Waals surface area contributed by atoms with Crippen molar-refractivity contribution in [2.45, 2.75) is 19.4 Å². The molecular formula is C18H19ClN2O. The van der Waals surface area contributed by atoms with Crippen molar-refractivity contribution in [3.8, 4) is 0 Å². The minimum absolute atomic E-state index is 0.126. The van der Waals surface area contributed by atoms with E-state index in [1.54, 1.807) is 0 Å². The van der Waals surface area contributed by atoms with Gasteiger partial charge in [-0.15, -0.1) is 0 Å². The first-order valence-corrected chi connectivity index (χ1v) is 7.95. The molecule has 0 aromatic heterocycles. The molecule has 0 saturated carbocycles. The first-order chi connectivity index (χ1) is 10.7. The number of nitrogens with one attached hydrogen (secondary N) is 1. The maximum absolute atomic E-state index is 12.4. The van der Waals surface area contributed by atoms with Crippen LogP contribution in [-0.2, 0) is 17.8 Å². The highest BCUT2D eigenvalue weighted by molar-refractivity contribution is 6.30. The molecule has 1 aliphatic heterocycles. The number of carbonyl (C=O) groups is 1. The third-order valence-electron chi connectivity index (χ3n) is 3.93. The van der Waals surface area contributed by atoms with Crippen LogP contribution < -0.4 is 10.2 Å². The van der Waals surface area contributed by atoms with Crippen LogP contribution in [0.5, 0.6) is 0 Å². The number of nitrogens with zero attached hydrogens (tertiary/aromatic N) is 1. The minimum Gasteiger partial charge on any atom is -0.311 e. The Morgan fingerprint density at radius 2 is 1.91 bits per heavy atom. The second-order valence-electron chi connectivity index (χ2n) is 5.51. The molecule has 0 radical (unpaired) electrons. The Morgan fingerprint density at radius 1 is 1.14 bits per heavy atom. The number of amides is 1. The molecular weight excluding hydrogens is 296 g/mol. The lowest BCUT2D eigenvalue weighted by Crippen LogP contribution is -2.41. The molecule has 1 amide bonds. The van der Waals surface area contributed by atoms with E-state index in [2.05, 4.69) is 11.4 Å². The number of hydrogen-bond donors (Lipinski definition) is 1. The molecule has 3 nitrogen and oxygen atoms in total. The van der Waals surface area contributed by atoms with Gasteiger partial charge >= 0.3 is 0 Å². The zero-order valence-corrected chi connectivity index (χ0v) is 13.1. The zero-order valence-electron chi connectivity index (χ0n) is 12.4. The number of fused-ring (bicyclic) bond motifs is 1. The highest BCUT2D eigenvalue weighted by Gasteiger charge is 2.21. The van der Waals surface area contributed by atoms with Gasteiger partial charge < -0.3 is 10.2 Å². The van der Waals surface area contributed by atoms with Crippen LogP contribution in [0.1, 0.15) is 17.5 Å². The normalized spacial score (nSPS) is 13.8. The van der Waals surface area contributed by atoms with Crippen molar-refractivity contribution in [3.63, 3.8) is 0 Å². The summed E-state index contributed by atoms with van der Waals surface area (Å²) >= 11 is 5.86. The monoisotopic (exact) mass is 314 g/mol. The number of rotatable bonds is 4. The van der Waals surface area contributed by atoms with Crippen LogP contribution in [-0.4, -0.2) is 19.0 Å². The average molecular weight is 315 g/mol. The predicted molar refractivity (Wildman–Crippen MR) is 90.3 cm³/mol. The molecule has 2 aromatic rings. The molecule has 1 heterocycles. The van der Waals surface area contributed by atoms with E-state index < -0.39 is 0 Å². The molecule has 0 fully saturated rings. The number of para-hydroxylation sites is 1. The van der Waals surface area contributed by atoms with Crippen molar-refractivity contribution < 1.29 is 4.79 Å². The summed E-state index contributed by atoms with van der Waals surface area (Å²) < 4.78 is 0. The van der Waals surface area contributed by atoms with Crippen LogP contribution in [0.25, 0.3) is 0 Å². The van der Waals surface area contributed by atoms with Crippen molar-refractivity contribution in [1.29, 1.82) is 0 Å². The molecule has 0 atom stereocenters. The van der Waals surface area contributed by atoms with E-state index in [-0.39, 0.29) is 5.91 Å². The first kappa shape index (κ1) is 15.1. The minimum atomic E-state index is 0.126. The Balaban J connectivity index is 1.58. The molecule has 114 valence electrons. The highest BCUT2D eigenvalue weighted by atomic mass is 35.5. The van der Waals surface area contributed by atoms with Crippen LogP contribution in [0.15, 0.2) is 48.5 Å². The van der Waals surface area contributed by atoms with Crippen molar-refractivity contribution in [2.24, 2.45) is 0 Å². The number of benzene rings is 2. The van der Waals surface area contributed by atoms with Crippen LogP contribution in [0.2, 0.25) is 5.02 Å². The second-order valence-corrected chi connectivity index (χ2v) is 5.94. The Morgan fingerprint density at radius 3 is 2.73 bits per heavy atom. The maximum atomic E-state index is 12.4. The Kier molecular flexibility index (Phi) is 4.76. The van der Waals surface area contributed by atoms with Crippen molar-refractivity contribution in [1.82, 2.24) is 5.32 Å². The van der Waals surface area contributed by atoms with Crippen molar-refractivity contribution >= 4 is 23.2 Å². The van der Waals surface area contributed by atoms with E-state index in [4.69, 9.17) is 11.6 Å². The Bertz CT molecular complexity index is 654. The number of halogens is 1. The fourth-order valence-electron chi connectivity index (χ4n) is 2.80. The van der Waals surface area contributed by atoms with E-state index in [9.17, 15) is 4.79 Å². The van der Waals surface area contributed by atoms with E-state index in [0.29, 0.717) is 13.1 Å². The fourth-order valence-corrected chi connectivity index (χ4v) is 2.93. The lowest BCUT2D eigenvalue weighted by Gasteiger charge is -2.29. The fraction of sp³-hybridized carbons (Fsp3) is 0.278. The Hall–Kier alpha value is -1.84. The van der Waals surface area contributed by atoms with Gasteiger partial charge in [0, 0.05) is 23.8 Å². The van der Waals surface area contributed by atoms with Gasteiger partial charge in [0.15, 0.2) is 0 Å². The lowest BCUT2D eigenvalue weighted by atomic mass is 10.0. The van der Waals surface area contributed by atoms with Gasteiger partial charge in [0.1, 0.15) is 0 Å². The van der Waals surface area contributed by atoms with Crippen molar-refractivity contribution in [3.05, 3.63) is 64.7 Å². The Labute approximate surface area is 135 Å². The van der Waals surface area contributed by atoms with Gasteiger partial charge in [0.05, 0.1) is 6.54 Å². The van der Waals surface area contributed by atoms with E-state index >= 15 is 0 Å². The lowest BCUT2D eigenvalue weighted by molar-refractivity contribution is -0.117. The number of hydrogen-bond acceptors (Lipinski definition) is 2.